The van der Waals surface area contributed by atoms with Gasteiger partial charge in [-0.3, -0.25) is 4.79 Å². The lowest BCUT2D eigenvalue weighted by atomic mass is 9.95. The molecule has 16 heavy (non-hydrogen) atoms. The van der Waals surface area contributed by atoms with Crippen molar-refractivity contribution < 1.29 is 9.21 Å². The predicted octanol–water partition coefficient (Wildman–Crippen LogP) is 3.69. The van der Waals surface area contributed by atoms with Gasteiger partial charge in [-0.25, -0.2) is 0 Å². The van der Waals surface area contributed by atoms with Crippen LogP contribution in [0.25, 0.3) is 11.0 Å². The molecule has 0 amide bonds. The number of carbonyl (C=O) groups excluding carboxylic acids is 1. The monoisotopic (exact) mass is 234 g/mol. The molecule has 0 fully saturated rings. The molecular formula is C13H11ClO2. The summed E-state index contributed by atoms with van der Waals surface area (Å²) in [4.78, 5) is 11.1. The van der Waals surface area contributed by atoms with Crippen molar-refractivity contribution in [1.82, 2.24) is 0 Å². The van der Waals surface area contributed by atoms with E-state index in [9.17, 15) is 4.79 Å². The molecule has 0 atom stereocenters. The molecular weight excluding hydrogens is 224 g/mol. The van der Waals surface area contributed by atoms with Gasteiger partial charge in [-0.15, -0.1) is 0 Å². The highest BCUT2D eigenvalue weighted by molar-refractivity contribution is 6.67. The maximum absolute atomic E-state index is 11.1. The molecule has 1 aliphatic carbocycles. The summed E-state index contributed by atoms with van der Waals surface area (Å²) in [5.41, 5.74) is 2.68. The summed E-state index contributed by atoms with van der Waals surface area (Å²) in [7, 11) is 0. The number of furan rings is 1. The van der Waals surface area contributed by atoms with Crippen molar-refractivity contribution in [3.8, 4) is 0 Å². The third kappa shape index (κ3) is 1.45. The number of aryl methyl sites for hydroxylation is 2. The van der Waals surface area contributed by atoms with Gasteiger partial charge in [0.15, 0.2) is 0 Å². The zero-order valence-electron chi connectivity index (χ0n) is 8.75. The fourth-order valence-electron chi connectivity index (χ4n) is 2.38. The average Bonchev–Trinajstić information content (AvgIpc) is 2.66. The van der Waals surface area contributed by atoms with Crippen molar-refractivity contribution in [3.05, 3.63) is 35.1 Å². The minimum absolute atomic E-state index is 0.410. The van der Waals surface area contributed by atoms with Crippen LogP contribution in [0.4, 0.5) is 0 Å². The van der Waals surface area contributed by atoms with Crippen LogP contribution < -0.4 is 0 Å². The van der Waals surface area contributed by atoms with E-state index in [2.05, 4.69) is 0 Å². The number of halogens is 1. The molecule has 2 nitrogen and oxygen atoms in total. The van der Waals surface area contributed by atoms with Gasteiger partial charge < -0.3 is 4.42 Å². The predicted molar refractivity (Wildman–Crippen MR) is 63.0 cm³/mol. The van der Waals surface area contributed by atoms with Gasteiger partial charge in [0, 0.05) is 22.9 Å². The lowest BCUT2D eigenvalue weighted by Crippen LogP contribution is -1.98. The van der Waals surface area contributed by atoms with Crippen LogP contribution in [0.3, 0.4) is 0 Å². The molecule has 0 unspecified atom stereocenters. The van der Waals surface area contributed by atoms with E-state index in [0.29, 0.717) is 5.56 Å². The van der Waals surface area contributed by atoms with Gasteiger partial charge in [0.2, 0.25) is 0 Å². The van der Waals surface area contributed by atoms with Crippen LogP contribution in [0.2, 0.25) is 0 Å². The number of benzene rings is 1. The summed E-state index contributed by atoms with van der Waals surface area (Å²) < 4.78 is 5.77. The Morgan fingerprint density at radius 2 is 2.06 bits per heavy atom. The van der Waals surface area contributed by atoms with E-state index in [1.165, 1.54) is 18.4 Å². The molecule has 0 spiro atoms. The smallest absolute Gasteiger partial charge is 0.252 e. The molecule has 0 radical (unpaired) electrons. The normalized spacial score (nSPS) is 15.1. The van der Waals surface area contributed by atoms with E-state index >= 15 is 0 Å². The summed E-state index contributed by atoms with van der Waals surface area (Å²) >= 11 is 5.48. The van der Waals surface area contributed by atoms with Crippen molar-refractivity contribution >= 4 is 27.8 Å². The van der Waals surface area contributed by atoms with Gasteiger partial charge in [-0.05, 0) is 49.1 Å². The quantitative estimate of drug-likeness (QED) is 0.705. The number of rotatable bonds is 1. The first-order valence-electron chi connectivity index (χ1n) is 5.50. The highest BCUT2D eigenvalue weighted by Crippen LogP contribution is 2.32. The van der Waals surface area contributed by atoms with Crippen molar-refractivity contribution in [2.45, 2.75) is 25.7 Å². The average molecular weight is 235 g/mol. The van der Waals surface area contributed by atoms with Crippen LogP contribution in [0, 0.1) is 0 Å². The van der Waals surface area contributed by atoms with Crippen LogP contribution in [0.15, 0.2) is 22.6 Å². The second-order valence-electron chi connectivity index (χ2n) is 4.20. The molecule has 0 N–H and O–H groups in total. The van der Waals surface area contributed by atoms with Gasteiger partial charge in [-0.1, -0.05) is 0 Å². The number of fused-ring (bicyclic) bond motifs is 3. The molecule has 3 heteroatoms. The van der Waals surface area contributed by atoms with E-state index < -0.39 is 5.24 Å². The Labute approximate surface area is 98.2 Å². The summed E-state index contributed by atoms with van der Waals surface area (Å²) in [5.74, 6) is 1.08. The van der Waals surface area contributed by atoms with Crippen LogP contribution in [0.1, 0.15) is 34.5 Å². The van der Waals surface area contributed by atoms with Crippen LogP contribution in [-0.4, -0.2) is 5.24 Å². The minimum atomic E-state index is -0.410. The van der Waals surface area contributed by atoms with Crippen molar-refractivity contribution in [3.63, 3.8) is 0 Å². The van der Waals surface area contributed by atoms with Crippen LogP contribution >= 0.6 is 11.6 Å². The summed E-state index contributed by atoms with van der Waals surface area (Å²) in [6.07, 6.45) is 4.44. The third-order valence-corrected chi connectivity index (χ3v) is 3.40. The highest BCUT2D eigenvalue weighted by Gasteiger charge is 2.18. The molecule has 0 aliphatic heterocycles. The number of carbonyl (C=O) groups is 1. The Balaban J connectivity index is 2.25. The Morgan fingerprint density at radius 1 is 1.25 bits per heavy atom. The molecule has 1 aliphatic rings. The maximum Gasteiger partial charge on any atom is 0.252 e. The van der Waals surface area contributed by atoms with Gasteiger partial charge in [0.05, 0.1) is 0 Å². The Bertz CT molecular complexity index is 569. The topological polar surface area (TPSA) is 30.2 Å². The second-order valence-corrected chi connectivity index (χ2v) is 4.54. The first-order chi connectivity index (χ1) is 7.75. The lowest BCUT2D eigenvalue weighted by molar-refractivity contribution is 0.108. The zero-order chi connectivity index (χ0) is 11.1. The Morgan fingerprint density at radius 3 is 2.88 bits per heavy atom. The molecule has 1 aromatic carbocycles. The van der Waals surface area contributed by atoms with E-state index in [1.807, 2.05) is 12.1 Å². The maximum atomic E-state index is 11.1. The molecule has 82 valence electrons. The van der Waals surface area contributed by atoms with Gasteiger partial charge in [-0.2, -0.15) is 0 Å². The van der Waals surface area contributed by atoms with Crippen LogP contribution in [-0.2, 0) is 12.8 Å². The molecule has 2 aromatic rings. The fourth-order valence-corrected chi connectivity index (χ4v) is 2.50. The summed E-state index contributed by atoms with van der Waals surface area (Å²) in [6.45, 7) is 0. The third-order valence-electron chi connectivity index (χ3n) is 3.18. The highest BCUT2D eigenvalue weighted by atomic mass is 35.5. The molecule has 0 saturated heterocycles. The molecule has 0 bridgehead atoms. The first kappa shape index (κ1) is 9.91. The van der Waals surface area contributed by atoms with E-state index in [4.69, 9.17) is 16.0 Å². The van der Waals surface area contributed by atoms with Gasteiger partial charge in [0.25, 0.3) is 5.24 Å². The molecule has 0 saturated carbocycles. The number of hydrogen-bond donors (Lipinski definition) is 0. The molecule has 3 rings (SSSR count). The van der Waals surface area contributed by atoms with Crippen molar-refractivity contribution in [2.75, 3.05) is 0 Å². The fraction of sp³-hybridized carbons (Fsp3) is 0.308. The van der Waals surface area contributed by atoms with E-state index in [1.54, 1.807) is 6.07 Å². The lowest BCUT2D eigenvalue weighted by Gasteiger charge is -2.08. The van der Waals surface area contributed by atoms with Crippen molar-refractivity contribution in [1.29, 1.82) is 0 Å². The van der Waals surface area contributed by atoms with Crippen LogP contribution in [0.5, 0.6) is 0 Å². The van der Waals surface area contributed by atoms with E-state index in [0.717, 1.165) is 29.6 Å². The number of hydrogen-bond acceptors (Lipinski definition) is 2. The largest absolute Gasteiger partial charge is 0.461 e. The zero-order valence-corrected chi connectivity index (χ0v) is 9.51. The Kier molecular flexibility index (Phi) is 2.25. The minimum Gasteiger partial charge on any atom is -0.461 e. The SMILES string of the molecule is O=C(Cl)c1ccc2oc3c(c2c1)CCCC3. The second kappa shape index (κ2) is 3.63. The summed E-state index contributed by atoms with van der Waals surface area (Å²) in [5, 5.41) is 0.647. The first-order valence-corrected chi connectivity index (χ1v) is 5.87. The van der Waals surface area contributed by atoms with Gasteiger partial charge in [0.1, 0.15) is 11.3 Å². The van der Waals surface area contributed by atoms with Gasteiger partial charge >= 0.3 is 0 Å². The standard InChI is InChI=1S/C13H11ClO2/c14-13(15)8-5-6-12-10(7-8)9-3-1-2-4-11(9)16-12/h5-7H,1-4H2. The van der Waals surface area contributed by atoms with Crippen molar-refractivity contribution in [2.24, 2.45) is 0 Å². The van der Waals surface area contributed by atoms with E-state index in [-0.39, 0.29) is 0 Å². The molecule has 1 aromatic heterocycles. The Hall–Kier alpha value is -1.28. The summed E-state index contributed by atoms with van der Waals surface area (Å²) in [6, 6.07) is 5.40. The molecule has 1 heterocycles.